The Morgan fingerprint density at radius 3 is 3.11 bits per heavy atom. The van der Waals surface area contributed by atoms with Crippen molar-refractivity contribution < 1.29 is 0 Å². The van der Waals surface area contributed by atoms with Gasteiger partial charge < -0.3 is 0 Å². The Kier molecular flexibility index (Phi) is 3.04. The van der Waals surface area contributed by atoms with Crippen LogP contribution in [0.2, 0.25) is 0 Å². The third-order valence-electron chi connectivity index (χ3n) is 0.974. The lowest BCUT2D eigenvalue weighted by Crippen LogP contribution is -2.08. The summed E-state index contributed by atoms with van der Waals surface area (Å²) in [6, 6.07) is 4.65. The summed E-state index contributed by atoms with van der Waals surface area (Å²) in [5.74, 6) is 0. The topological polar surface area (TPSA) is 12.0 Å². The summed E-state index contributed by atoms with van der Waals surface area (Å²) in [5, 5.41) is 5.09. The molecule has 0 aliphatic carbocycles. The summed E-state index contributed by atoms with van der Waals surface area (Å²) in [7, 11) is 0. The van der Waals surface area contributed by atoms with Crippen molar-refractivity contribution in [3.05, 3.63) is 22.4 Å². The second-order valence-electron chi connectivity index (χ2n) is 1.64. The fourth-order valence-corrected chi connectivity index (χ4v) is 1.35. The highest BCUT2D eigenvalue weighted by molar-refractivity contribution is 7.09. The van der Waals surface area contributed by atoms with Crippen LogP contribution in [-0.2, 0) is 6.54 Å². The van der Waals surface area contributed by atoms with Crippen molar-refractivity contribution in [2.24, 2.45) is 0 Å². The van der Waals surface area contributed by atoms with Crippen LogP contribution in [-0.4, -0.2) is 6.00 Å². The van der Waals surface area contributed by atoms with Gasteiger partial charge in [-0.25, -0.2) is 0 Å². The molecule has 0 bridgehead atoms. The summed E-state index contributed by atoms with van der Waals surface area (Å²) in [6.45, 7) is 0.890. The fraction of sp³-hybridized carbons (Fsp3) is 0.333. The van der Waals surface area contributed by atoms with Crippen LogP contribution >= 0.6 is 22.9 Å². The Balaban J connectivity index is 2.30. The number of alkyl halides is 1. The molecule has 3 heteroatoms. The lowest BCUT2D eigenvalue weighted by molar-refractivity contribution is 0.803. The van der Waals surface area contributed by atoms with Crippen molar-refractivity contribution >= 4 is 22.9 Å². The average Bonchev–Trinajstić information content (AvgIpc) is 2.34. The molecule has 0 aromatic carbocycles. The van der Waals surface area contributed by atoms with E-state index in [9.17, 15) is 0 Å². The molecule has 0 unspecified atom stereocenters. The smallest absolute Gasteiger partial charge is 0.0716 e. The van der Waals surface area contributed by atoms with Gasteiger partial charge in [0.15, 0.2) is 0 Å². The van der Waals surface area contributed by atoms with Gasteiger partial charge in [-0.15, -0.1) is 22.9 Å². The van der Waals surface area contributed by atoms with Gasteiger partial charge in [0, 0.05) is 11.4 Å². The lowest BCUT2D eigenvalue weighted by Gasteiger charge is -1.93. The number of hydrogen-bond acceptors (Lipinski definition) is 2. The van der Waals surface area contributed by atoms with E-state index < -0.39 is 0 Å². The summed E-state index contributed by atoms with van der Waals surface area (Å²) in [5.41, 5.74) is 0. The van der Waals surface area contributed by atoms with E-state index in [1.54, 1.807) is 11.3 Å². The first-order chi connectivity index (χ1) is 4.43. The summed E-state index contributed by atoms with van der Waals surface area (Å²) in [4.78, 5) is 1.33. The van der Waals surface area contributed by atoms with E-state index in [0.717, 1.165) is 6.54 Å². The predicted molar refractivity (Wildman–Crippen MR) is 41.9 cm³/mol. The molecule has 0 aliphatic heterocycles. The van der Waals surface area contributed by atoms with Crippen LogP contribution in [0.3, 0.4) is 0 Å². The monoisotopic (exact) mass is 161 g/mol. The Morgan fingerprint density at radius 1 is 1.67 bits per heavy atom. The van der Waals surface area contributed by atoms with Gasteiger partial charge in [-0.1, -0.05) is 6.07 Å². The second-order valence-corrected chi connectivity index (χ2v) is 2.94. The van der Waals surface area contributed by atoms with Crippen molar-refractivity contribution in [2.75, 3.05) is 6.00 Å². The molecule has 0 saturated heterocycles. The summed E-state index contributed by atoms with van der Waals surface area (Å²) < 4.78 is 0. The number of thiophene rings is 1. The zero-order valence-electron chi connectivity index (χ0n) is 4.93. The SMILES string of the molecule is ClCNCc1cccs1. The largest absolute Gasteiger partial charge is 0.299 e. The van der Waals surface area contributed by atoms with Gasteiger partial charge in [0.1, 0.15) is 0 Å². The fourth-order valence-electron chi connectivity index (χ4n) is 0.584. The molecule has 0 saturated carbocycles. The molecule has 1 aromatic heterocycles. The van der Waals surface area contributed by atoms with Gasteiger partial charge in [-0.3, -0.25) is 5.32 Å². The van der Waals surface area contributed by atoms with Gasteiger partial charge in [0.25, 0.3) is 0 Å². The molecule has 1 aromatic rings. The molecular formula is C6H8ClNS. The second kappa shape index (κ2) is 3.88. The number of halogens is 1. The van der Waals surface area contributed by atoms with Gasteiger partial charge in [-0.05, 0) is 11.4 Å². The van der Waals surface area contributed by atoms with E-state index in [-0.39, 0.29) is 0 Å². The maximum atomic E-state index is 5.41. The molecule has 0 spiro atoms. The molecule has 9 heavy (non-hydrogen) atoms. The minimum Gasteiger partial charge on any atom is -0.299 e. The molecule has 0 radical (unpaired) electrons. The predicted octanol–water partition coefficient (Wildman–Crippen LogP) is 2.03. The lowest BCUT2D eigenvalue weighted by atomic mass is 10.5. The quantitative estimate of drug-likeness (QED) is 0.529. The van der Waals surface area contributed by atoms with E-state index in [1.807, 2.05) is 6.07 Å². The van der Waals surface area contributed by atoms with Crippen molar-refractivity contribution in [1.29, 1.82) is 0 Å². The minimum absolute atomic E-state index is 0.526. The van der Waals surface area contributed by atoms with Gasteiger partial charge in [0.05, 0.1) is 6.00 Å². The third kappa shape index (κ3) is 2.35. The normalized spacial score (nSPS) is 9.89. The molecular weight excluding hydrogens is 154 g/mol. The van der Waals surface area contributed by atoms with Crippen LogP contribution in [0.4, 0.5) is 0 Å². The molecule has 0 amide bonds. The first-order valence-corrected chi connectivity index (χ1v) is 4.14. The first kappa shape index (κ1) is 7.06. The molecule has 0 atom stereocenters. The maximum Gasteiger partial charge on any atom is 0.0716 e. The molecule has 1 heterocycles. The average molecular weight is 162 g/mol. The third-order valence-corrected chi connectivity index (χ3v) is 2.04. The standard InChI is InChI=1S/C6H8ClNS/c7-5-8-4-6-2-1-3-9-6/h1-3,8H,4-5H2. The molecule has 1 N–H and O–H groups in total. The highest BCUT2D eigenvalue weighted by Crippen LogP contribution is 2.06. The number of nitrogens with one attached hydrogen (secondary N) is 1. The van der Waals surface area contributed by atoms with Crippen LogP contribution in [0.25, 0.3) is 0 Å². The van der Waals surface area contributed by atoms with Gasteiger partial charge in [-0.2, -0.15) is 0 Å². The Bertz CT molecular complexity index is 150. The summed E-state index contributed by atoms with van der Waals surface area (Å²) in [6.07, 6.45) is 0. The number of hydrogen-bond donors (Lipinski definition) is 1. The summed E-state index contributed by atoms with van der Waals surface area (Å²) >= 11 is 7.15. The highest BCUT2D eigenvalue weighted by atomic mass is 35.5. The molecule has 1 rings (SSSR count). The molecule has 50 valence electrons. The van der Waals surface area contributed by atoms with E-state index >= 15 is 0 Å². The van der Waals surface area contributed by atoms with Gasteiger partial charge in [0.2, 0.25) is 0 Å². The molecule has 0 aliphatic rings. The Hall–Kier alpha value is -0.0500. The maximum absolute atomic E-state index is 5.41. The van der Waals surface area contributed by atoms with Crippen molar-refractivity contribution in [3.63, 3.8) is 0 Å². The Labute approximate surface area is 63.7 Å². The highest BCUT2D eigenvalue weighted by Gasteiger charge is 1.88. The zero-order valence-corrected chi connectivity index (χ0v) is 6.50. The van der Waals surface area contributed by atoms with E-state index in [0.29, 0.717) is 6.00 Å². The Morgan fingerprint density at radius 2 is 2.56 bits per heavy atom. The van der Waals surface area contributed by atoms with Crippen molar-refractivity contribution in [3.8, 4) is 0 Å². The molecule has 0 fully saturated rings. The van der Waals surface area contributed by atoms with Crippen LogP contribution in [0.5, 0.6) is 0 Å². The van der Waals surface area contributed by atoms with Crippen LogP contribution in [0.1, 0.15) is 4.88 Å². The number of rotatable bonds is 3. The van der Waals surface area contributed by atoms with Crippen LogP contribution in [0, 0.1) is 0 Å². The minimum atomic E-state index is 0.526. The van der Waals surface area contributed by atoms with Gasteiger partial charge >= 0.3 is 0 Å². The van der Waals surface area contributed by atoms with Crippen LogP contribution < -0.4 is 5.32 Å². The van der Waals surface area contributed by atoms with Crippen molar-refractivity contribution in [1.82, 2.24) is 5.32 Å². The first-order valence-electron chi connectivity index (χ1n) is 2.72. The van der Waals surface area contributed by atoms with Crippen LogP contribution in [0.15, 0.2) is 17.5 Å². The van der Waals surface area contributed by atoms with E-state index in [1.165, 1.54) is 4.88 Å². The molecule has 1 nitrogen and oxygen atoms in total. The van der Waals surface area contributed by atoms with E-state index in [2.05, 4.69) is 16.8 Å². The van der Waals surface area contributed by atoms with Crippen molar-refractivity contribution in [2.45, 2.75) is 6.54 Å². The van der Waals surface area contributed by atoms with E-state index in [4.69, 9.17) is 11.6 Å². The zero-order chi connectivity index (χ0) is 6.53.